The summed E-state index contributed by atoms with van der Waals surface area (Å²) >= 11 is 6.07. The predicted octanol–water partition coefficient (Wildman–Crippen LogP) is 2.91. The standard InChI is InChI=1S/C12H10ClN3O/c13-9-4-1-5-10-11(9)15-12(14)16(10)7-8-3-2-6-17-8/h1-6H,7H2,(H2,14,15). The minimum atomic E-state index is 0.435. The number of halogens is 1. The van der Waals surface area contributed by atoms with Crippen molar-refractivity contribution >= 4 is 28.6 Å². The number of aromatic nitrogens is 2. The van der Waals surface area contributed by atoms with E-state index in [1.807, 2.05) is 28.8 Å². The van der Waals surface area contributed by atoms with Gasteiger partial charge in [-0.2, -0.15) is 0 Å². The first-order chi connectivity index (χ1) is 8.25. The first-order valence-electron chi connectivity index (χ1n) is 5.18. The molecular formula is C12H10ClN3O. The minimum absolute atomic E-state index is 0.435. The highest BCUT2D eigenvalue weighted by molar-refractivity contribution is 6.35. The fourth-order valence-corrected chi connectivity index (χ4v) is 2.07. The molecular weight excluding hydrogens is 238 g/mol. The number of imidazole rings is 1. The number of furan rings is 1. The van der Waals surface area contributed by atoms with Crippen LogP contribution in [0, 0.1) is 0 Å². The Morgan fingerprint density at radius 1 is 1.29 bits per heavy atom. The molecule has 3 rings (SSSR count). The summed E-state index contributed by atoms with van der Waals surface area (Å²) in [5.41, 5.74) is 7.52. The number of fused-ring (bicyclic) bond motifs is 1. The molecule has 3 aromatic rings. The van der Waals surface area contributed by atoms with Crippen LogP contribution in [0.4, 0.5) is 5.95 Å². The van der Waals surface area contributed by atoms with Crippen LogP contribution in [-0.2, 0) is 6.54 Å². The molecule has 17 heavy (non-hydrogen) atoms. The lowest BCUT2D eigenvalue weighted by Crippen LogP contribution is -2.03. The van der Waals surface area contributed by atoms with Gasteiger partial charge in [-0.05, 0) is 24.3 Å². The number of hydrogen-bond acceptors (Lipinski definition) is 3. The van der Waals surface area contributed by atoms with E-state index < -0.39 is 0 Å². The van der Waals surface area contributed by atoms with Gasteiger partial charge in [0.1, 0.15) is 11.3 Å². The van der Waals surface area contributed by atoms with Crippen LogP contribution in [0.1, 0.15) is 5.76 Å². The van der Waals surface area contributed by atoms with Gasteiger partial charge in [0.15, 0.2) is 0 Å². The van der Waals surface area contributed by atoms with Crippen molar-refractivity contribution in [3.8, 4) is 0 Å². The molecule has 0 fully saturated rings. The Morgan fingerprint density at radius 3 is 2.94 bits per heavy atom. The Morgan fingerprint density at radius 2 is 2.18 bits per heavy atom. The molecule has 0 unspecified atom stereocenters. The van der Waals surface area contributed by atoms with Gasteiger partial charge in [-0.1, -0.05) is 17.7 Å². The van der Waals surface area contributed by atoms with E-state index in [0.717, 1.165) is 16.8 Å². The van der Waals surface area contributed by atoms with Crippen LogP contribution in [0.3, 0.4) is 0 Å². The van der Waals surface area contributed by atoms with Crippen molar-refractivity contribution in [3.63, 3.8) is 0 Å². The Hall–Kier alpha value is -1.94. The second kappa shape index (κ2) is 3.82. The second-order valence-electron chi connectivity index (χ2n) is 3.74. The number of rotatable bonds is 2. The van der Waals surface area contributed by atoms with Gasteiger partial charge < -0.3 is 14.7 Å². The Kier molecular flexibility index (Phi) is 2.30. The van der Waals surface area contributed by atoms with Crippen molar-refractivity contribution in [2.75, 3.05) is 5.73 Å². The van der Waals surface area contributed by atoms with Crippen molar-refractivity contribution < 1.29 is 4.42 Å². The van der Waals surface area contributed by atoms with Crippen LogP contribution in [0.2, 0.25) is 5.02 Å². The number of benzene rings is 1. The summed E-state index contributed by atoms with van der Waals surface area (Å²) in [7, 11) is 0. The number of para-hydroxylation sites is 1. The first kappa shape index (κ1) is 10.2. The number of nitrogens with two attached hydrogens (primary N) is 1. The number of hydrogen-bond donors (Lipinski definition) is 1. The van der Waals surface area contributed by atoms with Gasteiger partial charge in [-0.25, -0.2) is 4.98 Å². The van der Waals surface area contributed by atoms with E-state index >= 15 is 0 Å². The van der Waals surface area contributed by atoms with Crippen molar-refractivity contribution in [2.45, 2.75) is 6.54 Å². The fraction of sp³-hybridized carbons (Fsp3) is 0.0833. The molecule has 0 atom stereocenters. The van der Waals surface area contributed by atoms with Crippen molar-refractivity contribution in [3.05, 3.63) is 47.4 Å². The van der Waals surface area contributed by atoms with Crippen LogP contribution in [0.5, 0.6) is 0 Å². The third-order valence-electron chi connectivity index (χ3n) is 2.65. The van der Waals surface area contributed by atoms with Crippen molar-refractivity contribution in [2.24, 2.45) is 0 Å². The molecule has 0 spiro atoms. The van der Waals surface area contributed by atoms with Crippen LogP contribution >= 0.6 is 11.6 Å². The quantitative estimate of drug-likeness (QED) is 0.758. The molecule has 2 heterocycles. The monoisotopic (exact) mass is 247 g/mol. The topological polar surface area (TPSA) is 57.0 Å². The normalized spacial score (nSPS) is 11.1. The Balaban J connectivity index is 2.16. The Bertz CT molecular complexity index is 658. The van der Waals surface area contributed by atoms with E-state index in [9.17, 15) is 0 Å². The lowest BCUT2D eigenvalue weighted by atomic mass is 10.3. The van der Waals surface area contributed by atoms with Crippen LogP contribution in [-0.4, -0.2) is 9.55 Å². The zero-order chi connectivity index (χ0) is 11.8. The molecule has 0 aliphatic carbocycles. The summed E-state index contributed by atoms with van der Waals surface area (Å²) in [6, 6.07) is 9.36. The summed E-state index contributed by atoms with van der Waals surface area (Å²) in [5, 5.41) is 0.604. The van der Waals surface area contributed by atoms with Gasteiger partial charge >= 0.3 is 0 Å². The lowest BCUT2D eigenvalue weighted by Gasteiger charge is -2.03. The molecule has 86 valence electrons. The average Bonchev–Trinajstić information content (AvgIpc) is 2.91. The van der Waals surface area contributed by atoms with Crippen molar-refractivity contribution in [1.29, 1.82) is 0 Å². The summed E-state index contributed by atoms with van der Waals surface area (Å²) in [6.07, 6.45) is 1.64. The van der Waals surface area contributed by atoms with Gasteiger partial charge in [0, 0.05) is 0 Å². The fourth-order valence-electron chi connectivity index (χ4n) is 1.86. The molecule has 2 aromatic heterocycles. The second-order valence-corrected chi connectivity index (χ2v) is 4.15. The highest BCUT2D eigenvalue weighted by Gasteiger charge is 2.11. The highest BCUT2D eigenvalue weighted by atomic mass is 35.5. The van der Waals surface area contributed by atoms with Crippen LogP contribution < -0.4 is 5.73 Å². The number of nitrogen functional groups attached to an aromatic ring is 1. The predicted molar refractivity (Wildman–Crippen MR) is 67.0 cm³/mol. The molecule has 0 bridgehead atoms. The van der Waals surface area contributed by atoms with E-state index in [1.54, 1.807) is 12.3 Å². The molecule has 0 amide bonds. The molecule has 0 saturated carbocycles. The van der Waals surface area contributed by atoms with Crippen molar-refractivity contribution in [1.82, 2.24) is 9.55 Å². The smallest absolute Gasteiger partial charge is 0.201 e. The van der Waals surface area contributed by atoms with Gasteiger partial charge in [-0.15, -0.1) is 0 Å². The summed E-state index contributed by atoms with van der Waals surface area (Å²) in [5.74, 6) is 1.26. The van der Waals surface area contributed by atoms with Gasteiger partial charge in [-0.3, -0.25) is 0 Å². The molecule has 1 aromatic carbocycles. The third kappa shape index (κ3) is 1.66. The molecule has 4 nitrogen and oxygen atoms in total. The molecule has 0 aliphatic heterocycles. The van der Waals surface area contributed by atoms with E-state index in [4.69, 9.17) is 21.8 Å². The zero-order valence-corrected chi connectivity index (χ0v) is 9.69. The maximum Gasteiger partial charge on any atom is 0.201 e. The summed E-state index contributed by atoms with van der Waals surface area (Å²) in [4.78, 5) is 4.26. The average molecular weight is 248 g/mol. The third-order valence-corrected chi connectivity index (χ3v) is 2.96. The van der Waals surface area contributed by atoms with E-state index in [-0.39, 0.29) is 0 Å². The molecule has 0 saturated heterocycles. The molecule has 0 aliphatic rings. The molecule has 5 heteroatoms. The zero-order valence-electron chi connectivity index (χ0n) is 8.93. The lowest BCUT2D eigenvalue weighted by molar-refractivity contribution is 0.497. The summed E-state index contributed by atoms with van der Waals surface area (Å²) in [6.45, 7) is 0.551. The highest BCUT2D eigenvalue weighted by Crippen LogP contribution is 2.25. The minimum Gasteiger partial charge on any atom is -0.467 e. The van der Waals surface area contributed by atoms with Gasteiger partial charge in [0.25, 0.3) is 0 Å². The van der Waals surface area contributed by atoms with Crippen LogP contribution in [0.15, 0.2) is 41.0 Å². The van der Waals surface area contributed by atoms with Gasteiger partial charge in [0.05, 0.1) is 23.3 Å². The largest absolute Gasteiger partial charge is 0.467 e. The van der Waals surface area contributed by atoms with Crippen LogP contribution in [0.25, 0.3) is 11.0 Å². The SMILES string of the molecule is Nc1nc2c(Cl)cccc2n1Cc1ccco1. The summed E-state index contributed by atoms with van der Waals surface area (Å²) < 4.78 is 7.18. The molecule has 2 N–H and O–H groups in total. The number of nitrogens with zero attached hydrogens (tertiary/aromatic N) is 2. The van der Waals surface area contributed by atoms with E-state index in [1.165, 1.54) is 0 Å². The van der Waals surface area contributed by atoms with Gasteiger partial charge in [0.2, 0.25) is 5.95 Å². The maximum atomic E-state index is 6.07. The first-order valence-corrected chi connectivity index (χ1v) is 5.56. The van der Waals surface area contributed by atoms with E-state index in [0.29, 0.717) is 17.5 Å². The maximum absolute atomic E-state index is 6.07. The van der Waals surface area contributed by atoms with E-state index in [2.05, 4.69) is 4.98 Å². The molecule has 0 radical (unpaired) electrons. The Labute approximate surface area is 103 Å². The number of anilines is 1.